The van der Waals surface area contributed by atoms with E-state index in [4.69, 9.17) is 20.6 Å². The van der Waals surface area contributed by atoms with Crippen LogP contribution in [-0.4, -0.2) is 67.2 Å². The van der Waals surface area contributed by atoms with E-state index in [1.54, 1.807) is 29.7 Å². The second-order valence-corrected chi connectivity index (χ2v) is 10.3. The van der Waals surface area contributed by atoms with Crippen LogP contribution in [0.15, 0.2) is 24.3 Å². The van der Waals surface area contributed by atoms with Crippen molar-refractivity contribution in [3.05, 3.63) is 29.8 Å². The molecule has 2 aliphatic rings. The number of hydrogen-bond donors (Lipinski definition) is 7. The van der Waals surface area contributed by atoms with Crippen LogP contribution >= 0.6 is 0 Å². The Morgan fingerprint density at radius 1 is 1.23 bits per heavy atom. The summed E-state index contributed by atoms with van der Waals surface area (Å²) in [5.41, 5.74) is 7.72. The van der Waals surface area contributed by atoms with E-state index in [0.717, 1.165) is 5.56 Å². The van der Waals surface area contributed by atoms with Gasteiger partial charge in [0.2, 0.25) is 17.7 Å². The number of hydrogen-bond acceptors (Lipinski definition) is 8. The van der Waals surface area contributed by atoms with E-state index in [-0.39, 0.29) is 31.1 Å². The van der Waals surface area contributed by atoms with E-state index in [0.29, 0.717) is 38.2 Å². The number of nitrogens with two attached hydrogens (primary N) is 1. The summed E-state index contributed by atoms with van der Waals surface area (Å²) in [6.07, 6.45) is 1.83. The van der Waals surface area contributed by atoms with E-state index in [9.17, 15) is 24.4 Å². The highest BCUT2D eigenvalue weighted by atomic mass is 16.5. The molecule has 1 aromatic rings. The summed E-state index contributed by atoms with van der Waals surface area (Å²) >= 11 is 0. The number of benzene rings is 1. The fraction of sp³-hybridized carbons (Fsp3) is 0.593. The number of esters is 1. The van der Waals surface area contributed by atoms with Gasteiger partial charge in [-0.2, -0.15) is 0 Å². The first-order chi connectivity index (χ1) is 19.0. The molecule has 0 aromatic heterocycles. The van der Waals surface area contributed by atoms with E-state index in [2.05, 4.69) is 16.0 Å². The molecule has 8 N–H and O–H groups in total. The Bertz CT molecular complexity index is 1020. The number of amides is 3. The quantitative estimate of drug-likeness (QED) is 0.0531. The zero-order valence-electron chi connectivity index (χ0n) is 23.3. The third kappa shape index (κ3) is 10.4. The van der Waals surface area contributed by atoms with Gasteiger partial charge in [0.25, 0.3) is 0 Å². The average Bonchev–Trinajstić information content (AvgIpc) is 2.92. The first kappa shape index (κ1) is 32.3. The fourth-order valence-corrected chi connectivity index (χ4v) is 4.69. The van der Waals surface area contributed by atoms with E-state index >= 15 is 0 Å². The van der Waals surface area contributed by atoms with Crippen molar-refractivity contribution >= 4 is 29.7 Å². The molecule has 4 atom stereocenters. The smallest absolute Gasteiger partial charge is 0.328 e. The number of ether oxygens (including phenoxy) is 2. The first-order valence-corrected chi connectivity index (χ1v) is 13.5. The number of nitrogens with one attached hydrogen (secondary N) is 5. The Balaban J connectivity index is 2.36. The largest absolute Gasteiger partial charge is 0.494 e. The highest BCUT2D eigenvalue weighted by Crippen LogP contribution is 2.27. The van der Waals surface area contributed by atoms with Crippen molar-refractivity contribution < 1.29 is 33.9 Å². The highest BCUT2D eigenvalue weighted by molar-refractivity contribution is 5.93. The molecule has 2 bridgehead atoms. The number of carbonyl (C=O) groups is 4. The third-order valence-electron chi connectivity index (χ3n) is 6.71. The molecule has 1 aromatic carbocycles. The molecule has 0 aliphatic carbocycles. The lowest BCUT2D eigenvalue weighted by atomic mass is 9.81. The summed E-state index contributed by atoms with van der Waals surface area (Å²) in [6, 6.07) is 5.05. The topological polar surface area (TPSA) is 205 Å². The van der Waals surface area contributed by atoms with Crippen molar-refractivity contribution in [2.45, 2.75) is 64.5 Å². The van der Waals surface area contributed by atoms with Gasteiger partial charge in [-0.25, -0.2) is 10.3 Å². The number of hydroxylamine groups is 1. The Hall–Kier alpha value is -3.87. The second kappa shape index (κ2) is 16.3. The molecule has 40 heavy (non-hydrogen) atoms. The number of carbonyl (C=O) groups excluding carboxylic acids is 4. The van der Waals surface area contributed by atoms with Gasteiger partial charge in [0, 0.05) is 18.9 Å². The van der Waals surface area contributed by atoms with Gasteiger partial charge >= 0.3 is 5.97 Å². The van der Waals surface area contributed by atoms with Crippen LogP contribution < -0.4 is 31.9 Å². The highest BCUT2D eigenvalue weighted by Gasteiger charge is 2.36. The zero-order valence-corrected chi connectivity index (χ0v) is 23.3. The van der Waals surface area contributed by atoms with Crippen molar-refractivity contribution in [2.75, 3.05) is 20.3 Å². The summed E-state index contributed by atoms with van der Waals surface area (Å²) in [7, 11) is 1.21. The van der Waals surface area contributed by atoms with Gasteiger partial charge < -0.3 is 31.2 Å². The van der Waals surface area contributed by atoms with Gasteiger partial charge in [0.15, 0.2) is 5.96 Å². The average molecular weight is 563 g/mol. The maximum atomic E-state index is 13.7. The zero-order chi connectivity index (χ0) is 29.7. The Morgan fingerprint density at radius 3 is 2.52 bits per heavy atom. The SMILES string of the molecule is COC(=O)[C@H](CCCNC(=N)N)NC(=O)C1Cc2ccc(cc2)OCCCC(C(=O)NO)[C@@H](CC(C)C)C(=O)N1. The van der Waals surface area contributed by atoms with Gasteiger partial charge in [-0.1, -0.05) is 26.0 Å². The molecule has 0 saturated heterocycles. The molecule has 0 fully saturated rings. The Morgan fingerprint density at radius 2 is 1.93 bits per heavy atom. The molecule has 3 amide bonds. The van der Waals surface area contributed by atoms with Crippen LogP contribution in [0.25, 0.3) is 0 Å². The molecule has 2 aliphatic heterocycles. The van der Waals surface area contributed by atoms with Gasteiger partial charge in [-0.3, -0.25) is 25.0 Å². The van der Waals surface area contributed by atoms with Crippen LogP contribution in [0.1, 0.15) is 51.5 Å². The monoisotopic (exact) mass is 562 g/mol. The summed E-state index contributed by atoms with van der Waals surface area (Å²) in [6.45, 7) is 4.48. The van der Waals surface area contributed by atoms with Crippen LogP contribution in [0.3, 0.4) is 0 Å². The summed E-state index contributed by atoms with van der Waals surface area (Å²) < 4.78 is 10.6. The van der Waals surface area contributed by atoms with Crippen LogP contribution in [0.2, 0.25) is 0 Å². The molecular weight excluding hydrogens is 520 g/mol. The summed E-state index contributed by atoms with van der Waals surface area (Å²) in [5.74, 6) is -3.63. The van der Waals surface area contributed by atoms with Crippen LogP contribution in [0, 0.1) is 23.2 Å². The maximum Gasteiger partial charge on any atom is 0.328 e. The van der Waals surface area contributed by atoms with Crippen molar-refractivity contribution in [2.24, 2.45) is 23.5 Å². The minimum absolute atomic E-state index is 0.0475. The van der Waals surface area contributed by atoms with Crippen LogP contribution in [-0.2, 0) is 30.3 Å². The third-order valence-corrected chi connectivity index (χ3v) is 6.71. The number of fused-ring (bicyclic) bond motifs is 11. The van der Waals surface area contributed by atoms with Gasteiger partial charge in [-0.05, 0) is 55.7 Å². The molecule has 0 spiro atoms. The van der Waals surface area contributed by atoms with Crippen molar-refractivity contribution in [1.82, 2.24) is 21.4 Å². The van der Waals surface area contributed by atoms with Gasteiger partial charge in [0.05, 0.1) is 19.6 Å². The minimum Gasteiger partial charge on any atom is -0.494 e. The molecule has 2 heterocycles. The second-order valence-electron chi connectivity index (χ2n) is 10.3. The Labute approximate surface area is 234 Å². The van der Waals surface area contributed by atoms with Crippen molar-refractivity contribution in [3.8, 4) is 5.75 Å². The van der Waals surface area contributed by atoms with Gasteiger partial charge in [0.1, 0.15) is 17.8 Å². The predicted molar refractivity (Wildman–Crippen MR) is 146 cm³/mol. The lowest BCUT2D eigenvalue weighted by molar-refractivity contribution is -0.146. The maximum absolute atomic E-state index is 13.7. The summed E-state index contributed by atoms with van der Waals surface area (Å²) in [5, 5.41) is 24.8. The molecular formula is C27H42N6O7. The molecule has 2 unspecified atom stereocenters. The fourth-order valence-electron chi connectivity index (χ4n) is 4.69. The van der Waals surface area contributed by atoms with Crippen LogP contribution in [0.5, 0.6) is 5.75 Å². The number of rotatable bonds is 10. The van der Waals surface area contributed by atoms with E-state index in [1.165, 1.54) is 7.11 Å². The van der Waals surface area contributed by atoms with E-state index < -0.39 is 47.6 Å². The lowest BCUT2D eigenvalue weighted by Crippen LogP contribution is -2.54. The summed E-state index contributed by atoms with van der Waals surface area (Å²) in [4.78, 5) is 52.2. The number of methoxy groups -OCH3 is 1. The minimum atomic E-state index is -1.07. The van der Waals surface area contributed by atoms with E-state index in [1.807, 2.05) is 13.8 Å². The standard InChI is InChI=1S/C27H42N6O7/c1-16(2)14-20-19(24(35)33-38)6-5-13-40-18-10-8-17(9-11-18)15-22(32-23(20)34)25(36)31-21(26(37)39-3)7-4-12-30-27(28)29/h8-11,16,19-22,38H,4-7,12-15H2,1-3H3,(H,31,36)(H,32,34)(H,33,35)(H4,28,29,30)/t19?,20-,21+,22?/m1/s1. The van der Waals surface area contributed by atoms with Crippen molar-refractivity contribution in [1.29, 1.82) is 5.41 Å². The lowest BCUT2D eigenvalue weighted by Gasteiger charge is -2.29. The normalized spacial score (nSPS) is 20.3. The predicted octanol–water partition coefficient (Wildman–Crippen LogP) is 0.591. The van der Waals surface area contributed by atoms with Crippen LogP contribution in [0.4, 0.5) is 0 Å². The molecule has 222 valence electrons. The van der Waals surface area contributed by atoms with Gasteiger partial charge in [-0.15, -0.1) is 0 Å². The Kier molecular flexibility index (Phi) is 13.2. The molecule has 13 nitrogen and oxygen atoms in total. The molecule has 13 heteroatoms. The molecule has 3 rings (SSSR count). The van der Waals surface area contributed by atoms with Crippen molar-refractivity contribution in [3.63, 3.8) is 0 Å². The molecule has 0 radical (unpaired) electrons. The molecule has 0 saturated carbocycles. The first-order valence-electron chi connectivity index (χ1n) is 13.5. The number of guanidine groups is 1.